The molecular formula is C52H48ClN3O13. The predicted octanol–water partition coefficient (Wildman–Crippen LogP) is 7.52. The fraction of sp³-hybridized carbons (Fsp3) is 0.288. The number of pyridine rings is 1. The summed E-state index contributed by atoms with van der Waals surface area (Å²) in [5.74, 6) is -0.707. The highest BCUT2D eigenvalue weighted by Gasteiger charge is 2.45. The van der Waals surface area contributed by atoms with Crippen LogP contribution >= 0.6 is 11.6 Å². The van der Waals surface area contributed by atoms with Crippen molar-refractivity contribution in [2.24, 2.45) is 5.73 Å². The smallest absolute Gasteiger partial charge is 0.266 e. The van der Waals surface area contributed by atoms with Gasteiger partial charge >= 0.3 is 0 Å². The summed E-state index contributed by atoms with van der Waals surface area (Å²) in [4.78, 5) is 82.2. The molecule has 0 bridgehead atoms. The van der Waals surface area contributed by atoms with Crippen LogP contribution in [0.3, 0.4) is 0 Å². The molecule has 3 heterocycles. The van der Waals surface area contributed by atoms with E-state index in [0.29, 0.717) is 70.6 Å². The van der Waals surface area contributed by atoms with E-state index in [1.54, 1.807) is 67.0 Å². The van der Waals surface area contributed by atoms with Gasteiger partial charge in [0.15, 0.2) is 11.2 Å². The third-order valence-electron chi connectivity index (χ3n) is 11.5. The minimum absolute atomic E-state index is 0.00905. The highest BCUT2D eigenvalue weighted by molar-refractivity contribution is 6.33. The van der Waals surface area contributed by atoms with Crippen molar-refractivity contribution in [3.05, 3.63) is 129 Å². The van der Waals surface area contributed by atoms with Crippen molar-refractivity contribution >= 4 is 51.9 Å². The molecule has 1 saturated carbocycles. The van der Waals surface area contributed by atoms with Gasteiger partial charge in [-0.15, -0.1) is 0 Å². The zero-order chi connectivity index (χ0) is 48.4. The summed E-state index contributed by atoms with van der Waals surface area (Å²) in [5.41, 5.74) is 9.53. The SMILES string of the molecule is CCOc1cc2oc(-c3ccc(OCCOCCOCCOCCOc4cccc5c4C(=O)N(C4CCC(=O)CCC4=O)C5=O)cc3Cl)cc(=O)c2cc1-c1cc(C(N)=O)cc(-c2ccncc2)c1. The van der Waals surface area contributed by atoms with Gasteiger partial charge in [0, 0.05) is 60.5 Å². The molecule has 356 valence electrons. The highest BCUT2D eigenvalue weighted by atomic mass is 35.5. The summed E-state index contributed by atoms with van der Waals surface area (Å²) in [6.07, 6.45) is 3.71. The van der Waals surface area contributed by atoms with Crippen molar-refractivity contribution in [2.45, 2.75) is 38.6 Å². The first kappa shape index (κ1) is 48.2. The number of nitrogens with two attached hydrogens (primary N) is 1. The Kier molecular flexibility index (Phi) is 15.5. The zero-order valence-electron chi connectivity index (χ0n) is 37.7. The van der Waals surface area contributed by atoms with E-state index in [9.17, 15) is 28.8 Å². The number of nitrogens with zero attached hydrogens (tertiary/aromatic N) is 2. The van der Waals surface area contributed by atoms with Crippen molar-refractivity contribution in [3.63, 3.8) is 0 Å². The average Bonchev–Trinajstić information content (AvgIpc) is 3.48. The zero-order valence-corrected chi connectivity index (χ0v) is 38.4. The molecule has 4 aromatic carbocycles. The lowest BCUT2D eigenvalue weighted by Gasteiger charge is -2.23. The van der Waals surface area contributed by atoms with Crippen LogP contribution < -0.4 is 25.4 Å². The van der Waals surface area contributed by atoms with Gasteiger partial charge in [0.05, 0.1) is 73.8 Å². The average molecular weight is 958 g/mol. The second-order valence-electron chi connectivity index (χ2n) is 16.0. The topological polar surface area (TPSA) is 213 Å². The Balaban J connectivity index is 0.769. The third kappa shape index (κ3) is 11.2. The number of Topliss-reactive ketones (excluding diaryl/α,β-unsaturated/α-hetero) is 2. The van der Waals surface area contributed by atoms with Crippen LogP contribution in [0.25, 0.3) is 44.5 Å². The summed E-state index contributed by atoms with van der Waals surface area (Å²) in [5, 5.41) is 0.606. The Morgan fingerprint density at radius 3 is 2.12 bits per heavy atom. The number of halogens is 1. The number of ketones is 2. The maximum absolute atomic E-state index is 13.6. The Morgan fingerprint density at radius 2 is 1.41 bits per heavy atom. The molecule has 2 aliphatic rings. The van der Waals surface area contributed by atoms with Crippen LogP contribution in [0.15, 0.2) is 107 Å². The van der Waals surface area contributed by atoms with E-state index < -0.39 is 23.8 Å². The Morgan fingerprint density at radius 1 is 0.696 bits per heavy atom. The van der Waals surface area contributed by atoms with Crippen LogP contribution in [0.4, 0.5) is 0 Å². The molecule has 17 heteroatoms. The monoisotopic (exact) mass is 957 g/mol. The maximum atomic E-state index is 13.6. The Bertz CT molecular complexity index is 2970. The number of amides is 3. The molecule has 1 atom stereocenters. The van der Waals surface area contributed by atoms with Crippen LogP contribution in [-0.4, -0.2) is 105 Å². The first-order valence-corrected chi connectivity index (χ1v) is 22.8. The number of rotatable bonds is 21. The molecule has 0 spiro atoms. The van der Waals surface area contributed by atoms with E-state index in [-0.39, 0.29) is 104 Å². The summed E-state index contributed by atoms with van der Waals surface area (Å²) in [6.45, 7) is 4.21. The fourth-order valence-corrected chi connectivity index (χ4v) is 8.43. The van der Waals surface area contributed by atoms with Crippen molar-refractivity contribution in [1.82, 2.24) is 9.88 Å². The number of carbonyl (C=O) groups excluding carboxylic acids is 5. The Hall–Kier alpha value is -7.24. The molecule has 1 unspecified atom stereocenters. The van der Waals surface area contributed by atoms with Gasteiger partial charge in [-0.1, -0.05) is 17.7 Å². The second kappa shape index (κ2) is 22.2. The molecule has 1 fully saturated rings. The highest BCUT2D eigenvalue weighted by Crippen LogP contribution is 2.39. The lowest BCUT2D eigenvalue weighted by atomic mass is 9.95. The molecule has 3 amide bonds. The number of aromatic nitrogens is 1. The van der Waals surface area contributed by atoms with Gasteiger partial charge < -0.3 is 38.6 Å². The minimum Gasteiger partial charge on any atom is -0.493 e. The molecular weight excluding hydrogens is 910 g/mol. The normalized spacial score (nSPS) is 14.8. The molecule has 8 rings (SSSR count). The molecule has 0 saturated heterocycles. The van der Waals surface area contributed by atoms with E-state index in [4.69, 9.17) is 50.2 Å². The van der Waals surface area contributed by atoms with Gasteiger partial charge in [0.2, 0.25) is 5.91 Å². The van der Waals surface area contributed by atoms with Crippen LogP contribution in [0.1, 0.15) is 63.7 Å². The molecule has 16 nitrogen and oxygen atoms in total. The quantitative estimate of drug-likeness (QED) is 0.0420. The first-order chi connectivity index (χ1) is 33.5. The third-order valence-corrected chi connectivity index (χ3v) is 11.9. The molecule has 1 aliphatic heterocycles. The standard InChI is InChI=1S/C52H48ClN3O13/c1-2-66-46-30-48-40(28-39(46)33-24-32(25-34(26-33)50(54)60)31-12-14-55-15-13-31)44(59)29-47(69-48)37-9-8-36(27-41(37)53)67-22-20-64-18-16-63-17-19-65-21-23-68-45-5-3-4-38-49(45)52(62)56(51(38)61)42-10-6-35(57)7-11-43(42)58/h3-5,8-9,12-15,24-30,42H,2,6-7,10-11,16-23H2,1H3,(H2,54,60). The number of fused-ring (bicyclic) bond motifs is 2. The van der Waals surface area contributed by atoms with Gasteiger partial charge in [0.1, 0.15) is 47.6 Å². The largest absolute Gasteiger partial charge is 0.493 e. The number of primary amides is 1. The van der Waals surface area contributed by atoms with Gasteiger partial charge in [-0.05, 0) is 96.8 Å². The van der Waals surface area contributed by atoms with E-state index in [0.717, 1.165) is 16.0 Å². The minimum atomic E-state index is -0.965. The van der Waals surface area contributed by atoms with Gasteiger partial charge in [0.25, 0.3) is 11.8 Å². The van der Waals surface area contributed by atoms with E-state index in [2.05, 4.69) is 4.98 Å². The molecule has 2 N–H and O–H groups in total. The number of hydrogen-bond acceptors (Lipinski definition) is 14. The number of carbonyl (C=O) groups is 5. The van der Waals surface area contributed by atoms with Crippen molar-refractivity contribution in [1.29, 1.82) is 0 Å². The van der Waals surface area contributed by atoms with Crippen molar-refractivity contribution in [2.75, 3.05) is 59.5 Å². The molecule has 1 aliphatic carbocycles. The number of imide groups is 1. The fourth-order valence-electron chi connectivity index (χ4n) is 8.17. The summed E-state index contributed by atoms with van der Waals surface area (Å²) < 4.78 is 40.7. The van der Waals surface area contributed by atoms with Crippen LogP contribution in [0.5, 0.6) is 17.2 Å². The van der Waals surface area contributed by atoms with Crippen LogP contribution in [-0.2, 0) is 23.8 Å². The molecule has 69 heavy (non-hydrogen) atoms. The van der Waals surface area contributed by atoms with E-state index >= 15 is 0 Å². The van der Waals surface area contributed by atoms with Gasteiger partial charge in [-0.3, -0.25) is 38.7 Å². The van der Waals surface area contributed by atoms with Crippen LogP contribution in [0.2, 0.25) is 5.02 Å². The lowest BCUT2D eigenvalue weighted by Crippen LogP contribution is -2.44. The van der Waals surface area contributed by atoms with E-state index in [1.807, 2.05) is 25.1 Å². The van der Waals surface area contributed by atoms with Gasteiger partial charge in [-0.25, -0.2) is 0 Å². The summed E-state index contributed by atoms with van der Waals surface area (Å²) in [6, 6.07) is 22.5. The van der Waals surface area contributed by atoms with Crippen molar-refractivity contribution < 1.29 is 56.8 Å². The second-order valence-corrected chi connectivity index (χ2v) is 16.5. The summed E-state index contributed by atoms with van der Waals surface area (Å²) >= 11 is 6.69. The molecule has 0 radical (unpaired) electrons. The predicted molar refractivity (Wildman–Crippen MR) is 254 cm³/mol. The van der Waals surface area contributed by atoms with Crippen LogP contribution in [0, 0.1) is 0 Å². The first-order valence-electron chi connectivity index (χ1n) is 22.4. The molecule has 6 aromatic rings. The van der Waals surface area contributed by atoms with E-state index in [1.165, 1.54) is 12.1 Å². The maximum Gasteiger partial charge on any atom is 0.266 e. The van der Waals surface area contributed by atoms with Crippen molar-refractivity contribution in [3.8, 4) is 50.8 Å². The lowest BCUT2D eigenvalue weighted by molar-refractivity contribution is -0.124. The Labute approximate surface area is 401 Å². The number of ether oxygens (including phenoxy) is 6. The number of hydrogen-bond donors (Lipinski definition) is 1. The summed E-state index contributed by atoms with van der Waals surface area (Å²) in [7, 11) is 0. The number of benzene rings is 4. The molecule has 2 aromatic heterocycles. The van der Waals surface area contributed by atoms with Gasteiger partial charge in [-0.2, -0.15) is 0 Å².